The molecule has 7 heteroatoms. The summed E-state index contributed by atoms with van der Waals surface area (Å²) in [5.41, 5.74) is 1.12. The summed E-state index contributed by atoms with van der Waals surface area (Å²) >= 11 is 0. The summed E-state index contributed by atoms with van der Waals surface area (Å²) in [6, 6.07) is 9.86. The lowest BCUT2D eigenvalue weighted by atomic mass is 10.2. The monoisotopic (exact) mass is 364 g/mol. The summed E-state index contributed by atoms with van der Waals surface area (Å²) in [6.07, 6.45) is 5.56. The van der Waals surface area contributed by atoms with Gasteiger partial charge in [-0.3, -0.25) is 14.3 Å². The van der Waals surface area contributed by atoms with E-state index in [9.17, 15) is 4.79 Å². The van der Waals surface area contributed by atoms with Crippen LogP contribution in [0.25, 0.3) is 5.82 Å². The number of nitrogens with zero attached hydrogens (tertiary/aromatic N) is 6. The fourth-order valence-corrected chi connectivity index (χ4v) is 3.42. The molecule has 27 heavy (non-hydrogen) atoms. The fourth-order valence-electron chi connectivity index (χ4n) is 3.42. The Morgan fingerprint density at radius 3 is 2.52 bits per heavy atom. The number of imidazole rings is 1. The van der Waals surface area contributed by atoms with Crippen LogP contribution in [0.15, 0.2) is 53.7 Å². The van der Waals surface area contributed by atoms with Gasteiger partial charge < -0.3 is 9.47 Å². The first-order chi connectivity index (χ1) is 13.1. The number of anilines is 1. The first kappa shape index (κ1) is 17.5. The molecule has 1 fully saturated rings. The number of piperazine rings is 1. The Labute approximate surface area is 158 Å². The number of hydrogen-bond donors (Lipinski definition) is 0. The predicted molar refractivity (Wildman–Crippen MR) is 105 cm³/mol. The van der Waals surface area contributed by atoms with Crippen molar-refractivity contribution >= 4 is 5.82 Å². The summed E-state index contributed by atoms with van der Waals surface area (Å²) in [5.74, 6) is 2.82. The highest BCUT2D eigenvalue weighted by Gasteiger charge is 2.19. The summed E-state index contributed by atoms with van der Waals surface area (Å²) in [5, 5.41) is 0. The van der Waals surface area contributed by atoms with Crippen LogP contribution >= 0.6 is 0 Å². The summed E-state index contributed by atoms with van der Waals surface area (Å²) in [7, 11) is 1.78. The fraction of sp³-hybridized carbons (Fsp3) is 0.350. The number of aryl methyl sites for hydroxylation is 2. The van der Waals surface area contributed by atoms with E-state index in [0.29, 0.717) is 0 Å². The molecule has 1 aliphatic rings. The molecule has 0 unspecified atom stereocenters. The standard InChI is InChI=1S/C20H24N6O/c1-16-21-7-9-26(16)19-5-3-4-18(22-19)25-12-10-24(11-13-25)15-17-6-8-23(2)20(27)14-17/h3-9,14H,10-13,15H2,1-2H3. The Hall–Kier alpha value is -2.93. The van der Waals surface area contributed by atoms with Gasteiger partial charge in [0.25, 0.3) is 5.56 Å². The van der Waals surface area contributed by atoms with Crippen molar-refractivity contribution in [3.63, 3.8) is 0 Å². The van der Waals surface area contributed by atoms with Gasteiger partial charge in [-0.25, -0.2) is 9.97 Å². The lowest BCUT2D eigenvalue weighted by Gasteiger charge is -2.35. The highest BCUT2D eigenvalue weighted by molar-refractivity contribution is 5.43. The smallest absolute Gasteiger partial charge is 0.250 e. The van der Waals surface area contributed by atoms with Crippen molar-refractivity contribution in [1.82, 2.24) is 24.0 Å². The molecule has 140 valence electrons. The minimum atomic E-state index is 0.0435. The molecular weight excluding hydrogens is 340 g/mol. The minimum Gasteiger partial charge on any atom is -0.354 e. The highest BCUT2D eigenvalue weighted by Crippen LogP contribution is 2.17. The van der Waals surface area contributed by atoms with Gasteiger partial charge >= 0.3 is 0 Å². The Morgan fingerprint density at radius 2 is 1.81 bits per heavy atom. The third-order valence-electron chi connectivity index (χ3n) is 5.06. The van der Waals surface area contributed by atoms with E-state index >= 15 is 0 Å². The molecule has 0 atom stereocenters. The highest BCUT2D eigenvalue weighted by atomic mass is 16.1. The van der Waals surface area contributed by atoms with Crippen molar-refractivity contribution in [2.45, 2.75) is 13.5 Å². The van der Waals surface area contributed by atoms with Crippen molar-refractivity contribution in [1.29, 1.82) is 0 Å². The Bertz CT molecular complexity index is 984. The van der Waals surface area contributed by atoms with Crippen LogP contribution in [-0.4, -0.2) is 50.2 Å². The molecule has 0 saturated carbocycles. The molecule has 0 aromatic carbocycles. The van der Waals surface area contributed by atoms with E-state index < -0.39 is 0 Å². The molecule has 1 saturated heterocycles. The van der Waals surface area contributed by atoms with Crippen molar-refractivity contribution in [2.24, 2.45) is 7.05 Å². The van der Waals surface area contributed by atoms with Gasteiger partial charge in [-0.15, -0.1) is 0 Å². The molecule has 3 aromatic rings. The quantitative estimate of drug-likeness (QED) is 0.704. The average molecular weight is 364 g/mol. The van der Waals surface area contributed by atoms with Gasteiger partial charge in [-0.2, -0.15) is 0 Å². The first-order valence-electron chi connectivity index (χ1n) is 9.20. The number of rotatable bonds is 4. The van der Waals surface area contributed by atoms with Crippen LogP contribution in [0.4, 0.5) is 5.82 Å². The third-order valence-corrected chi connectivity index (χ3v) is 5.06. The topological polar surface area (TPSA) is 59.2 Å². The van der Waals surface area contributed by atoms with Gasteiger partial charge in [0.1, 0.15) is 17.5 Å². The maximum absolute atomic E-state index is 11.8. The summed E-state index contributed by atoms with van der Waals surface area (Å²) < 4.78 is 3.59. The second-order valence-corrected chi connectivity index (χ2v) is 6.95. The number of aromatic nitrogens is 4. The molecule has 7 nitrogen and oxygen atoms in total. The van der Waals surface area contributed by atoms with Crippen molar-refractivity contribution in [3.05, 3.63) is 70.7 Å². The lowest BCUT2D eigenvalue weighted by Crippen LogP contribution is -2.46. The summed E-state index contributed by atoms with van der Waals surface area (Å²) in [6.45, 7) is 6.53. The molecule has 0 N–H and O–H groups in total. The largest absolute Gasteiger partial charge is 0.354 e. The molecule has 0 aliphatic carbocycles. The van der Waals surface area contributed by atoms with E-state index in [1.807, 2.05) is 42.1 Å². The van der Waals surface area contributed by atoms with E-state index in [1.165, 1.54) is 0 Å². The van der Waals surface area contributed by atoms with Crippen LogP contribution < -0.4 is 10.5 Å². The molecule has 0 spiro atoms. The van der Waals surface area contributed by atoms with Gasteiger partial charge in [0.15, 0.2) is 0 Å². The Kier molecular flexibility index (Phi) is 4.77. The van der Waals surface area contributed by atoms with Crippen LogP contribution in [0.3, 0.4) is 0 Å². The van der Waals surface area contributed by atoms with Crippen LogP contribution in [-0.2, 0) is 13.6 Å². The SMILES string of the molecule is Cc1nccn1-c1cccc(N2CCN(Cc3ccn(C)c(=O)c3)CC2)n1. The van der Waals surface area contributed by atoms with E-state index in [4.69, 9.17) is 4.98 Å². The number of pyridine rings is 2. The Balaban J connectivity index is 1.41. The van der Waals surface area contributed by atoms with Gasteiger partial charge in [0, 0.05) is 64.4 Å². The first-order valence-corrected chi connectivity index (χ1v) is 9.20. The van der Waals surface area contributed by atoms with Crippen LogP contribution in [0, 0.1) is 6.92 Å². The molecule has 4 heterocycles. The predicted octanol–water partition coefficient (Wildman–Crippen LogP) is 1.60. The molecule has 0 amide bonds. The van der Waals surface area contributed by atoms with Crippen LogP contribution in [0.1, 0.15) is 11.4 Å². The van der Waals surface area contributed by atoms with Crippen molar-refractivity contribution in [2.75, 3.05) is 31.1 Å². The van der Waals surface area contributed by atoms with Crippen LogP contribution in [0.2, 0.25) is 0 Å². The van der Waals surface area contributed by atoms with E-state index in [1.54, 1.807) is 23.9 Å². The van der Waals surface area contributed by atoms with Crippen LogP contribution in [0.5, 0.6) is 0 Å². The number of hydrogen-bond acceptors (Lipinski definition) is 5. The maximum Gasteiger partial charge on any atom is 0.250 e. The van der Waals surface area contributed by atoms with E-state index in [0.717, 1.165) is 55.7 Å². The lowest BCUT2D eigenvalue weighted by molar-refractivity contribution is 0.249. The van der Waals surface area contributed by atoms with E-state index in [2.05, 4.69) is 20.9 Å². The van der Waals surface area contributed by atoms with Gasteiger partial charge in [-0.05, 0) is 30.7 Å². The molecular formula is C20H24N6O. The third kappa shape index (κ3) is 3.78. The summed E-state index contributed by atoms with van der Waals surface area (Å²) in [4.78, 5) is 25.6. The molecule has 0 bridgehead atoms. The molecule has 1 aliphatic heterocycles. The molecule has 0 radical (unpaired) electrons. The van der Waals surface area contributed by atoms with Gasteiger partial charge in [-0.1, -0.05) is 6.07 Å². The van der Waals surface area contributed by atoms with Crippen molar-refractivity contribution in [3.8, 4) is 5.82 Å². The van der Waals surface area contributed by atoms with Gasteiger partial charge in [0.05, 0.1) is 0 Å². The van der Waals surface area contributed by atoms with Crippen molar-refractivity contribution < 1.29 is 0 Å². The second-order valence-electron chi connectivity index (χ2n) is 6.95. The maximum atomic E-state index is 11.8. The zero-order valence-electron chi connectivity index (χ0n) is 15.7. The molecule has 4 rings (SSSR count). The normalized spacial score (nSPS) is 15.3. The zero-order valence-corrected chi connectivity index (χ0v) is 15.7. The zero-order chi connectivity index (χ0) is 18.8. The Morgan fingerprint density at radius 1 is 1.04 bits per heavy atom. The second kappa shape index (κ2) is 7.36. The average Bonchev–Trinajstić information content (AvgIpc) is 3.11. The minimum absolute atomic E-state index is 0.0435. The van der Waals surface area contributed by atoms with E-state index in [-0.39, 0.29) is 5.56 Å². The van der Waals surface area contributed by atoms with Gasteiger partial charge in [0.2, 0.25) is 0 Å². The molecule has 3 aromatic heterocycles.